The van der Waals surface area contributed by atoms with Crippen molar-refractivity contribution in [3.63, 3.8) is 0 Å². The van der Waals surface area contributed by atoms with Crippen molar-refractivity contribution in [2.24, 2.45) is 7.05 Å². The lowest BCUT2D eigenvalue weighted by Crippen LogP contribution is -1.96. The van der Waals surface area contributed by atoms with Crippen LogP contribution in [-0.2, 0) is 19.9 Å². The Morgan fingerprint density at radius 2 is 2.00 bits per heavy atom. The zero-order chi connectivity index (χ0) is 13.3. The van der Waals surface area contributed by atoms with Crippen molar-refractivity contribution in [3.05, 3.63) is 45.2 Å². The van der Waals surface area contributed by atoms with E-state index in [4.69, 9.17) is 5.73 Å². The Kier molecular flexibility index (Phi) is 3.76. The normalized spacial score (nSPS) is 10.9. The molecule has 0 saturated heterocycles. The maximum Gasteiger partial charge on any atom is 0.201 e. The first-order chi connectivity index (χ1) is 8.49. The van der Waals surface area contributed by atoms with Gasteiger partial charge < -0.3 is 10.3 Å². The predicted octanol–water partition coefficient (Wildman–Crippen LogP) is 3.17. The van der Waals surface area contributed by atoms with Gasteiger partial charge in [-0.15, -0.1) is 0 Å². The highest BCUT2D eigenvalue weighted by molar-refractivity contribution is 9.10. The first kappa shape index (κ1) is 13.1. The monoisotopic (exact) mass is 307 g/mol. The summed E-state index contributed by atoms with van der Waals surface area (Å²) in [4.78, 5) is 4.37. The number of nitrogens with two attached hydrogens (primary N) is 1. The molecule has 0 bridgehead atoms. The maximum atomic E-state index is 5.79. The van der Waals surface area contributed by atoms with Gasteiger partial charge in [-0.05, 0) is 53.7 Å². The molecule has 0 atom stereocenters. The summed E-state index contributed by atoms with van der Waals surface area (Å²) in [5.41, 5.74) is 10.8. The number of aromatic nitrogens is 2. The van der Waals surface area contributed by atoms with E-state index in [0.29, 0.717) is 5.95 Å². The van der Waals surface area contributed by atoms with Crippen LogP contribution < -0.4 is 5.73 Å². The lowest BCUT2D eigenvalue weighted by molar-refractivity contribution is 0.880. The molecule has 0 amide bonds. The molecule has 96 valence electrons. The molecule has 0 aliphatic rings. The van der Waals surface area contributed by atoms with Crippen molar-refractivity contribution >= 4 is 21.9 Å². The van der Waals surface area contributed by atoms with Crippen LogP contribution in [0.15, 0.2) is 22.8 Å². The summed E-state index contributed by atoms with van der Waals surface area (Å²) in [5, 5.41) is 0. The van der Waals surface area contributed by atoms with Gasteiger partial charge in [-0.25, -0.2) is 4.98 Å². The zero-order valence-corrected chi connectivity index (χ0v) is 12.6. The number of imidazole rings is 1. The van der Waals surface area contributed by atoms with Gasteiger partial charge in [0.15, 0.2) is 0 Å². The second kappa shape index (κ2) is 5.14. The summed E-state index contributed by atoms with van der Waals surface area (Å²) in [6.45, 7) is 4.27. The van der Waals surface area contributed by atoms with E-state index >= 15 is 0 Å². The standard InChI is InChI=1S/C14H18BrN3/c1-9-4-5-10(2)11(8-9)6-7-12-13(15)18(3)14(16)17-12/h4-5,8H,6-7H2,1-3H3,(H2,16,17). The molecule has 0 saturated carbocycles. The summed E-state index contributed by atoms with van der Waals surface area (Å²) in [7, 11) is 1.91. The molecule has 2 aromatic rings. The minimum Gasteiger partial charge on any atom is -0.369 e. The van der Waals surface area contributed by atoms with E-state index in [1.807, 2.05) is 11.6 Å². The quantitative estimate of drug-likeness (QED) is 0.946. The van der Waals surface area contributed by atoms with Gasteiger partial charge in [0.1, 0.15) is 4.60 Å². The summed E-state index contributed by atoms with van der Waals surface area (Å²) >= 11 is 3.53. The lowest BCUT2D eigenvalue weighted by Gasteiger charge is -2.06. The third kappa shape index (κ3) is 2.58. The van der Waals surface area contributed by atoms with E-state index in [9.17, 15) is 0 Å². The molecule has 4 heteroatoms. The van der Waals surface area contributed by atoms with Crippen LogP contribution in [0.1, 0.15) is 22.4 Å². The Morgan fingerprint density at radius 1 is 1.28 bits per heavy atom. The molecule has 3 nitrogen and oxygen atoms in total. The molecule has 1 aromatic heterocycles. The van der Waals surface area contributed by atoms with Crippen LogP contribution in [0.4, 0.5) is 5.95 Å². The molecule has 0 aliphatic heterocycles. The van der Waals surface area contributed by atoms with Crippen LogP contribution in [-0.4, -0.2) is 9.55 Å². The first-order valence-corrected chi connectivity index (χ1v) is 6.81. The van der Waals surface area contributed by atoms with Crippen LogP contribution in [0.25, 0.3) is 0 Å². The van der Waals surface area contributed by atoms with Crippen molar-refractivity contribution < 1.29 is 0 Å². The number of benzene rings is 1. The van der Waals surface area contributed by atoms with Gasteiger partial charge in [-0.3, -0.25) is 0 Å². The Balaban J connectivity index is 2.16. The number of rotatable bonds is 3. The van der Waals surface area contributed by atoms with Crippen LogP contribution in [0.2, 0.25) is 0 Å². The summed E-state index contributed by atoms with van der Waals surface area (Å²) < 4.78 is 2.84. The maximum absolute atomic E-state index is 5.79. The number of hydrogen-bond acceptors (Lipinski definition) is 2. The summed E-state index contributed by atoms with van der Waals surface area (Å²) in [6, 6.07) is 6.57. The average molecular weight is 308 g/mol. The van der Waals surface area contributed by atoms with Crippen molar-refractivity contribution in [1.29, 1.82) is 0 Å². The largest absolute Gasteiger partial charge is 0.369 e. The smallest absolute Gasteiger partial charge is 0.201 e. The number of nitrogen functional groups attached to an aromatic ring is 1. The van der Waals surface area contributed by atoms with E-state index in [1.54, 1.807) is 0 Å². The molecule has 0 unspecified atom stereocenters. The van der Waals surface area contributed by atoms with Gasteiger partial charge in [-0.1, -0.05) is 23.8 Å². The van der Waals surface area contributed by atoms with Crippen LogP contribution in [0, 0.1) is 13.8 Å². The van der Waals surface area contributed by atoms with Crippen molar-refractivity contribution in [2.45, 2.75) is 26.7 Å². The van der Waals surface area contributed by atoms with E-state index in [2.05, 4.69) is 53.0 Å². The number of nitrogens with zero attached hydrogens (tertiary/aromatic N) is 2. The third-order valence-corrected chi connectivity index (χ3v) is 4.25. The molecule has 0 fully saturated rings. The SMILES string of the molecule is Cc1ccc(C)c(CCc2nc(N)n(C)c2Br)c1. The highest BCUT2D eigenvalue weighted by atomic mass is 79.9. The molecular formula is C14H18BrN3. The Labute approximate surface area is 116 Å². The van der Waals surface area contributed by atoms with Gasteiger partial charge in [0, 0.05) is 7.05 Å². The summed E-state index contributed by atoms with van der Waals surface area (Å²) in [5.74, 6) is 0.554. The van der Waals surface area contributed by atoms with E-state index in [1.165, 1.54) is 16.7 Å². The average Bonchev–Trinajstić information content (AvgIpc) is 2.58. The predicted molar refractivity (Wildman–Crippen MR) is 78.6 cm³/mol. The number of hydrogen-bond donors (Lipinski definition) is 1. The molecule has 0 aliphatic carbocycles. The molecule has 2 rings (SSSR count). The minimum absolute atomic E-state index is 0.554. The molecule has 2 N–H and O–H groups in total. The number of aryl methyl sites for hydroxylation is 4. The second-order valence-electron chi connectivity index (χ2n) is 4.70. The molecule has 0 radical (unpaired) electrons. The fourth-order valence-corrected chi connectivity index (χ4v) is 2.50. The lowest BCUT2D eigenvalue weighted by atomic mass is 10.0. The highest BCUT2D eigenvalue weighted by Gasteiger charge is 2.10. The molecule has 1 heterocycles. The van der Waals surface area contributed by atoms with Gasteiger partial charge in [0.2, 0.25) is 5.95 Å². The third-order valence-electron chi connectivity index (χ3n) is 3.26. The van der Waals surface area contributed by atoms with Crippen LogP contribution >= 0.6 is 15.9 Å². The van der Waals surface area contributed by atoms with Crippen molar-refractivity contribution in [3.8, 4) is 0 Å². The van der Waals surface area contributed by atoms with Gasteiger partial charge in [-0.2, -0.15) is 0 Å². The van der Waals surface area contributed by atoms with E-state index in [-0.39, 0.29) is 0 Å². The van der Waals surface area contributed by atoms with Crippen molar-refractivity contribution in [2.75, 3.05) is 5.73 Å². The number of anilines is 1. The first-order valence-electron chi connectivity index (χ1n) is 6.01. The van der Waals surface area contributed by atoms with E-state index in [0.717, 1.165) is 23.1 Å². The Hall–Kier alpha value is -1.29. The highest BCUT2D eigenvalue weighted by Crippen LogP contribution is 2.21. The fourth-order valence-electron chi connectivity index (χ4n) is 2.04. The van der Waals surface area contributed by atoms with Gasteiger partial charge in [0.05, 0.1) is 5.69 Å². The Bertz CT molecular complexity index is 573. The van der Waals surface area contributed by atoms with Gasteiger partial charge in [0.25, 0.3) is 0 Å². The van der Waals surface area contributed by atoms with Crippen LogP contribution in [0.5, 0.6) is 0 Å². The Morgan fingerprint density at radius 3 is 2.61 bits per heavy atom. The van der Waals surface area contributed by atoms with E-state index < -0.39 is 0 Å². The zero-order valence-electron chi connectivity index (χ0n) is 11.0. The second-order valence-corrected chi connectivity index (χ2v) is 5.45. The molecular weight excluding hydrogens is 290 g/mol. The topological polar surface area (TPSA) is 43.8 Å². The van der Waals surface area contributed by atoms with Gasteiger partial charge >= 0.3 is 0 Å². The van der Waals surface area contributed by atoms with Crippen molar-refractivity contribution in [1.82, 2.24) is 9.55 Å². The number of halogens is 1. The molecule has 1 aromatic carbocycles. The fraction of sp³-hybridized carbons (Fsp3) is 0.357. The summed E-state index contributed by atoms with van der Waals surface area (Å²) in [6.07, 6.45) is 1.89. The minimum atomic E-state index is 0.554. The molecule has 18 heavy (non-hydrogen) atoms. The molecule has 0 spiro atoms. The van der Waals surface area contributed by atoms with Crippen LogP contribution in [0.3, 0.4) is 0 Å².